The number of carbonyl (C=O) groups is 2. The van der Waals surface area contributed by atoms with E-state index in [0.717, 1.165) is 5.39 Å². The van der Waals surface area contributed by atoms with Gasteiger partial charge in [-0.05, 0) is 25.0 Å². The van der Waals surface area contributed by atoms with E-state index >= 15 is 0 Å². The zero-order valence-electron chi connectivity index (χ0n) is 14.9. The second-order valence-electron chi connectivity index (χ2n) is 6.35. The number of Topliss-reactive ketones (excluding diaryl/α,β-unsaturated/α-hetero) is 1. The zero-order valence-corrected chi connectivity index (χ0v) is 15.7. The molecule has 136 valence electrons. The maximum Gasteiger partial charge on any atom is 0.350 e. The molecule has 0 amide bonds. The van der Waals surface area contributed by atoms with Crippen molar-refractivity contribution < 1.29 is 18.7 Å². The molecule has 0 radical (unpaired) electrons. The van der Waals surface area contributed by atoms with Crippen LogP contribution in [0.1, 0.15) is 39.8 Å². The fourth-order valence-electron chi connectivity index (χ4n) is 2.33. The van der Waals surface area contributed by atoms with Crippen LogP contribution in [0, 0.1) is 12.8 Å². The Morgan fingerprint density at radius 1 is 1.31 bits per heavy atom. The summed E-state index contributed by atoms with van der Waals surface area (Å²) in [5.41, 5.74) is 1.26. The second-order valence-corrected chi connectivity index (χ2v) is 7.35. The van der Waals surface area contributed by atoms with Gasteiger partial charge in [-0.2, -0.15) is 0 Å². The lowest BCUT2D eigenvalue weighted by atomic mass is 10.2. The van der Waals surface area contributed by atoms with Gasteiger partial charge in [0.1, 0.15) is 10.5 Å². The van der Waals surface area contributed by atoms with E-state index in [2.05, 4.69) is 10.3 Å². The molecule has 3 aromatic rings. The molecule has 0 spiro atoms. The van der Waals surface area contributed by atoms with Gasteiger partial charge in [-0.3, -0.25) is 4.79 Å². The van der Waals surface area contributed by atoms with E-state index in [1.807, 2.05) is 38.1 Å². The third-order valence-corrected chi connectivity index (χ3v) is 4.73. The lowest BCUT2D eigenvalue weighted by Crippen LogP contribution is -2.13. The number of rotatable bonds is 7. The van der Waals surface area contributed by atoms with Gasteiger partial charge in [0.05, 0.1) is 18.8 Å². The van der Waals surface area contributed by atoms with Crippen LogP contribution < -0.4 is 5.32 Å². The van der Waals surface area contributed by atoms with Gasteiger partial charge in [-0.25, -0.2) is 9.78 Å². The number of hydrogen-bond acceptors (Lipinski definition) is 7. The highest BCUT2D eigenvalue weighted by Gasteiger charge is 2.18. The number of hydrogen-bond donors (Lipinski definition) is 1. The first-order valence-electron chi connectivity index (χ1n) is 8.34. The maximum absolute atomic E-state index is 12.3. The number of carbonyl (C=O) groups excluding carboxylic acids is 2. The lowest BCUT2D eigenvalue weighted by Gasteiger charge is -2.05. The van der Waals surface area contributed by atoms with Crippen molar-refractivity contribution in [2.45, 2.75) is 20.8 Å². The number of aryl methyl sites for hydroxylation is 1. The number of anilines is 1. The van der Waals surface area contributed by atoms with Crippen molar-refractivity contribution in [3.8, 4) is 0 Å². The Hall–Kier alpha value is -2.67. The van der Waals surface area contributed by atoms with E-state index in [-0.39, 0.29) is 24.2 Å². The van der Waals surface area contributed by atoms with E-state index < -0.39 is 0 Å². The van der Waals surface area contributed by atoms with Crippen LogP contribution in [0.25, 0.3) is 11.0 Å². The molecule has 0 saturated heterocycles. The van der Waals surface area contributed by atoms with Crippen LogP contribution in [0.15, 0.2) is 34.7 Å². The number of aromatic nitrogens is 1. The molecule has 3 rings (SSSR count). The van der Waals surface area contributed by atoms with E-state index in [1.54, 1.807) is 13.0 Å². The Balaban J connectivity index is 1.63. The first-order chi connectivity index (χ1) is 12.4. The van der Waals surface area contributed by atoms with Gasteiger partial charge >= 0.3 is 5.97 Å². The summed E-state index contributed by atoms with van der Waals surface area (Å²) >= 11 is 1.18. The average molecular weight is 372 g/mol. The maximum atomic E-state index is 12.3. The van der Waals surface area contributed by atoms with E-state index in [9.17, 15) is 9.59 Å². The molecule has 0 atom stereocenters. The summed E-state index contributed by atoms with van der Waals surface area (Å²) < 4.78 is 10.8. The summed E-state index contributed by atoms with van der Waals surface area (Å²) in [7, 11) is 0. The van der Waals surface area contributed by atoms with Crippen molar-refractivity contribution >= 4 is 39.2 Å². The quantitative estimate of drug-likeness (QED) is 0.492. The average Bonchev–Trinajstić information content (AvgIpc) is 3.21. The van der Waals surface area contributed by atoms with E-state index in [0.29, 0.717) is 33.7 Å². The van der Waals surface area contributed by atoms with Crippen molar-refractivity contribution in [3.63, 3.8) is 0 Å². The largest absolute Gasteiger partial charge is 0.461 e. The van der Waals surface area contributed by atoms with E-state index in [1.165, 1.54) is 11.3 Å². The van der Waals surface area contributed by atoms with Crippen molar-refractivity contribution in [1.29, 1.82) is 0 Å². The molecule has 1 N–H and O–H groups in total. The monoisotopic (exact) mass is 372 g/mol. The van der Waals surface area contributed by atoms with Gasteiger partial charge in [0.25, 0.3) is 0 Å². The third-order valence-electron chi connectivity index (χ3n) is 3.63. The Labute approximate surface area is 155 Å². The molecule has 2 heterocycles. The van der Waals surface area contributed by atoms with Gasteiger partial charge in [0.15, 0.2) is 10.9 Å². The highest BCUT2D eigenvalue weighted by atomic mass is 32.1. The molecule has 0 aliphatic rings. The van der Waals surface area contributed by atoms with Crippen LogP contribution in [0.4, 0.5) is 5.13 Å². The van der Waals surface area contributed by atoms with Gasteiger partial charge in [0.2, 0.25) is 5.78 Å². The second kappa shape index (κ2) is 7.70. The fourth-order valence-corrected chi connectivity index (χ4v) is 3.19. The molecule has 0 saturated carbocycles. The number of esters is 1. The number of nitrogens with zero attached hydrogens (tertiary/aromatic N) is 1. The van der Waals surface area contributed by atoms with E-state index in [4.69, 9.17) is 9.15 Å². The number of para-hydroxylation sites is 1. The number of thiazole rings is 1. The predicted molar refractivity (Wildman–Crippen MR) is 101 cm³/mol. The number of benzene rings is 1. The lowest BCUT2D eigenvalue weighted by molar-refractivity contribution is 0.0463. The Morgan fingerprint density at radius 3 is 2.81 bits per heavy atom. The number of ether oxygens (including phenoxy) is 1. The molecule has 1 aromatic carbocycles. The topological polar surface area (TPSA) is 81.4 Å². The molecule has 0 unspecified atom stereocenters. The third kappa shape index (κ3) is 4.11. The molecule has 7 heteroatoms. The van der Waals surface area contributed by atoms with Gasteiger partial charge in [0, 0.05) is 5.39 Å². The minimum absolute atomic E-state index is 0.0350. The van der Waals surface area contributed by atoms with Gasteiger partial charge in [-0.15, -0.1) is 0 Å². The first kappa shape index (κ1) is 18.1. The summed E-state index contributed by atoms with van der Waals surface area (Å²) in [6.07, 6.45) is 0. The molecule has 26 heavy (non-hydrogen) atoms. The Bertz CT molecular complexity index is 909. The van der Waals surface area contributed by atoms with Crippen LogP contribution >= 0.6 is 11.3 Å². The number of furan rings is 1. The molecular weight excluding hydrogens is 352 g/mol. The van der Waals surface area contributed by atoms with Crippen LogP contribution in [-0.2, 0) is 4.74 Å². The first-order valence-corrected chi connectivity index (χ1v) is 9.16. The minimum atomic E-state index is -0.384. The van der Waals surface area contributed by atoms with Crippen molar-refractivity contribution in [1.82, 2.24) is 4.98 Å². The van der Waals surface area contributed by atoms with Crippen LogP contribution in [0.3, 0.4) is 0 Å². The molecule has 0 fully saturated rings. The SMILES string of the molecule is Cc1nc(NCC(=O)c2cc3ccccc3o2)sc1C(=O)OCC(C)C. The van der Waals surface area contributed by atoms with Crippen LogP contribution in [-0.4, -0.2) is 29.9 Å². The highest BCUT2D eigenvalue weighted by molar-refractivity contribution is 7.17. The summed E-state index contributed by atoms with van der Waals surface area (Å²) in [6.45, 7) is 6.10. The van der Waals surface area contributed by atoms with Crippen LogP contribution in [0.2, 0.25) is 0 Å². The zero-order chi connectivity index (χ0) is 18.7. The van der Waals surface area contributed by atoms with Crippen LogP contribution in [0.5, 0.6) is 0 Å². The Kier molecular flexibility index (Phi) is 5.37. The summed E-state index contributed by atoms with van der Waals surface area (Å²) in [4.78, 5) is 29.1. The molecule has 2 aromatic heterocycles. The fraction of sp³-hybridized carbons (Fsp3) is 0.316. The summed E-state index contributed by atoms with van der Waals surface area (Å²) in [6, 6.07) is 9.18. The standard InChI is InChI=1S/C19H20N2O4S/c1-11(2)10-24-18(23)17-12(3)21-19(26-17)20-9-14(22)16-8-13-6-4-5-7-15(13)25-16/h4-8,11H,9-10H2,1-3H3,(H,20,21). The summed E-state index contributed by atoms with van der Waals surface area (Å²) in [5.74, 6) is -0.00176. The molecule has 0 aliphatic carbocycles. The normalized spacial score (nSPS) is 11.1. The molecule has 0 bridgehead atoms. The molecule has 6 nitrogen and oxygen atoms in total. The minimum Gasteiger partial charge on any atom is -0.461 e. The Morgan fingerprint density at radius 2 is 2.08 bits per heavy atom. The van der Waals surface area contributed by atoms with Gasteiger partial charge in [-0.1, -0.05) is 43.4 Å². The van der Waals surface area contributed by atoms with Gasteiger partial charge < -0.3 is 14.5 Å². The predicted octanol–water partition coefficient (Wildman–Crippen LogP) is 4.31. The number of nitrogens with one attached hydrogen (secondary N) is 1. The number of fused-ring (bicyclic) bond motifs is 1. The van der Waals surface area contributed by atoms with Crippen molar-refractivity contribution in [2.24, 2.45) is 5.92 Å². The summed E-state index contributed by atoms with van der Waals surface area (Å²) in [5, 5.41) is 4.35. The van der Waals surface area contributed by atoms with Crippen molar-refractivity contribution in [3.05, 3.63) is 46.7 Å². The number of ketones is 1. The smallest absolute Gasteiger partial charge is 0.350 e. The molecule has 0 aliphatic heterocycles. The van der Waals surface area contributed by atoms with Crippen molar-refractivity contribution in [2.75, 3.05) is 18.5 Å². The highest BCUT2D eigenvalue weighted by Crippen LogP contribution is 2.24. The molecular formula is C19H20N2O4S.